The van der Waals surface area contributed by atoms with Crippen LogP contribution in [0.5, 0.6) is 0 Å². The van der Waals surface area contributed by atoms with E-state index < -0.39 is 0 Å². The minimum absolute atomic E-state index is 0.175. The molecule has 1 aromatic rings. The van der Waals surface area contributed by atoms with E-state index in [9.17, 15) is 4.79 Å². The van der Waals surface area contributed by atoms with E-state index in [4.69, 9.17) is 0 Å². The Morgan fingerprint density at radius 2 is 2.00 bits per heavy atom. The molecule has 1 aromatic carbocycles. The maximum Gasteiger partial charge on any atom is 0.253 e. The van der Waals surface area contributed by atoms with Gasteiger partial charge in [0.05, 0.1) is 0 Å². The first kappa shape index (κ1) is 14.1. The highest BCUT2D eigenvalue weighted by Crippen LogP contribution is 2.29. The molecule has 2 fully saturated rings. The van der Waals surface area contributed by atoms with Crippen molar-refractivity contribution in [1.29, 1.82) is 0 Å². The molecule has 108 valence electrons. The van der Waals surface area contributed by atoms with Crippen LogP contribution in [0.4, 0.5) is 0 Å². The summed E-state index contributed by atoms with van der Waals surface area (Å²) in [5.74, 6) is 1.81. The van der Waals surface area contributed by atoms with Gasteiger partial charge in [0.2, 0.25) is 0 Å². The summed E-state index contributed by atoms with van der Waals surface area (Å²) in [6.45, 7) is 4.16. The van der Waals surface area contributed by atoms with Gasteiger partial charge in [0, 0.05) is 23.1 Å². The number of nitrogens with zero attached hydrogens (tertiary/aromatic N) is 1. The average molecular weight is 337 g/mol. The van der Waals surface area contributed by atoms with Crippen LogP contribution >= 0.6 is 15.9 Å². The highest BCUT2D eigenvalue weighted by atomic mass is 79.9. The van der Waals surface area contributed by atoms with Crippen molar-refractivity contribution in [3.05, 3.63) is 34.3 Å². The maximum atomic E-state index is 12.5. The topological polar surface area (TPSA) is 32.3 Å². The number of halogens is 1. The normalized spacial score (nSPS) is 24.1. The van der Waals surface area contributed by atoms with Crippen LogP contribution in [-0.4, -0.2) is 37.0 Å². The molecule has 1 N–H and O–H groups in total. The summed E-state index contributed by atoms with van der Waals surface area (Å²) < 4.78 is 0.968. The second-order valence-electron chi connectivity index (χ2n) is 5.89. The summed E-state index contributed by atoms with van der Waals surface area (Å²) >= 11 is 3.43. The van der Waals surface area contributed by atoms with Crippen LogP contribution in [-0.2, 0) is 0 Å². The van der Waals surface area contributed by atoms with E-state index in [-0.39, 0.29) is 5.91 Å². The Morgan fingerprint density at radius 3 is 2.65 bits per heavy atom. The first-order valence-electron chi connectivity index (χ1n) is 7.49. The average Bonchev–Trinajstić information content (AvgIpc) is 3.01. The molecule has 2 aliphatic heterocycles. The Morgan fingerprint density at radius 1 is 1.20 bits per heavy atom. The summed E-state index contributed by atoms with van der Waals surface area (Å²) in [6, 6.07) is 7.69. The molecule has 3 nitrogen and oxygen atoms in total. The number of carbonyl (C=O) groups excluding carboxylic acids is 1. The number of hydrogen-bond acceptors (Lipinski definition) is 2. The van der Waals surface area contributed by atoms with Crippen LogP contribution in [0.15, 0.2) is 28.7 Å². The molecule has 3 rings (SSSR count). The summed E-state index contributed by atoms with van der Waals surface area (Å²) in [5.41, 5.74) is 0.792. The second-order valence-corrected chi connectivity index (χ2v) is 6.81. The molecular weight excluding hydrogens is 316 g/mol. The quantitative estimate of drug-likeness (QED) is 0.900. The standard InChI is InChI=1S/C16H21BrN2O/c17-15-3-1-2-13(10-15)16(20)19-8-5-12(6-9-19)14-4-7-18-11-14/h1-3,10,12,14,18H,4-9,11H2. The molecule has 1 atom stereocenters. The summed E-state index contributed by atoms with van der Waals surface area (Å²) in [6.07, 6.45) is 3.63. The number of carbonyl (C=O) groups is 1. The second kappa shape index (κ2) is 6.27. The zero-order chi connectivity index (χ0) is 13.9. The number of benzene rings is 1. The predicted molar refractivity (Wildman–Crippen MR) is 83.7 cm³/mol. The lowest BCUT2D eigenvalue weighted by Gasteiger charge is -2.34. The van der Waals surface area contributed by atoms with Gasteiger partial charge in [-0.15, -0.1) is 0 Å². The van der Waals surface area contributed by atoms with Crippen LogP contribution in [0.1, 0.15) is 29.6 Å². The van der Waals surface area contributed by atoms with Crippen molar-refractivity contribution in [3.63, 3.8) is 0 Å². The van der Waals surface area contributed by atoms with Gasteiger partial charge in [0.25, 0.3) is 5.91 Å². The molecule has 20 heavy (non-hydrogen) atoms. The van der Waals surface area contributed by atoms with Gasteiger partial charge in [0.1, 0.15) is 0 Å². The van der Waals surface area contributed by atoms with Crippen molar-refractivity contribution < 1.29 is 4.79 Å². The monoisotopic (exact) mass is 336 g/mol. The highest BCUT2D eigenvalue weighted by Gasteiger charge is 2.30. The number of amides is 1. The van der Waals surface area contributed by atoms with Crippen LogP contribution in [0.3, 0.4) is 0 Å². The molecule has 0 bridgehead atoms. The zero-order valence-electron chi connectivity index (χ0n) is 11.6. The molecule has 2 heterocycles. The van der Waals surface area contributed by atoms with Crippen LogP contribution < -0.4 is 5.32 Å². The van der Waals surface area contributed by atoms with Crippen LogP contribution in [0.2, 0.25) is 0 Å². The van der Waals surface area contributed by atoms with E-state index >= 15 is 0 Å². The Labute approximate surface area is 128 Å². The first-order chi connectivity index (χ1) is 9.74. The number of piperidine rings is 1. The van der Waals surface area contributed by atoms with Crippen LogP contribution in [0, 0.1) is 11.8 Å². The van der Waals surface area contributed by atoms with Gasteiger partial charge >= 0.3 is 0 Å². The van der Waals surface area contributed by atoms with Gasteiger partial charge in [-0.3, -0.25) is 4.79 Å². The number of likely N-dealkylation sites (tertiary alicyclic amines) is 1. The molecule has 4 heteroatoms. The third kappa shape index (κ3) is 3.07. The zero-order valence-corrected chi connectivity index (χ0v) is 13.2. The van der Waals surface area contributed by atoms with E-state index in [0.717, 1.165) is 47.8 Å². The third-order valence-electron chi connectivity index (χ3n) is 4.66. The van der Waals surface area contributed by atoms with Gasteiger partial charge in [-0.2, -0.15) is 0 Å². The lowest BCUT2D eigenvalue weighted by atomic mass is 9.83. The molecule has 0 aliphatic carbocycles. The van der Waals surface area contributed by atoms with Gasteiger partial charge in [-0.1, -0.05) is 22.0 Å². The molecule has 0 spiro atoms. The molecule has 2 saturated heterocycles. The summed E-state index contributed by atoms with van der Waals surface area (Å²) in [5, 5.41) is 3.45. The van der Waals surface area contributed by atoms with Crippen molar-refractivity contribution >= 4 is 21.8 Å². The van der Waals surface area contributed by atoms with Crippen molar-refractivity contribution in [1.82, 2.24) is 10.2 Å². The van der Waals surface area contributed by atoms with E-state index in [1.807, 2.05) is 29.2 Å². The molecule has 0 radical (unpaired) electrons. The molecule has 2 aliphatic rings. The smallest absolute Gasteiger partial charge is 0.253 e. The summed E-state index contributed by atoms with van der Waals surface area (Å²) in [4.78, 5) is 14.5. The van der Waals surface area contributed by atoms with Gasteiger partial charge in [0.15, 0.2) is 0 Å². The van der Waals surface area contributed by atoms with Crippen molar-refractivity contribution in [2.75, 3.05) is 26.2 Å². The first-order valence-corrected chi connectivity index (χ1v) is 8.29. The molecule has 1 unspecified atom stereocenters. The Kier molecular flexibility index (Phi) is 4.41. The Hall–Kier alpha value is -0.870. The van der Waals surface area contributed by atoms with E-state index in [0.29, 0.717) is 0 Å². The lowest BCUT2D eigenvalue weighted by molar-refractivity contribution is 0.0663. The fourth-order valence-electron chi connectivity index (χ4n) is 3.46. The van der Waals surface area contributed by atoms with Crippen molar-refractivity contribution in [2.45, 2.75) is 19.3 Å². The number of rotatable bonds is 2. The largest absolute Gasteiger partial charge is 0.339 e. The Balaban J connectivity index is 1.58. The minimum Gasteiger partial charge on any atom is -0.339 e. The maximum absolute atomic E-state index is 12.5. The fourth-order valence-corrected chi connectivity index (χ4v) is 3.86. The van der Waals surface area contributed by atoms with Crippen LogP contribution in [0.25, 0.3) is 0 Å². The van der Waals surface area contributed by atoms with E-state index in [2.05, 4.69) is 21.2 Å². The fraction of sp³-hybridized carbons (Fsp3) is 0.562. The van der Waals surface area contributed by atoms with E-state index in [1.165, 1.54) is 19.5 Å². The van der Waals surface area contributed by atoms with Gasteiger partial charge in [-0.25, -0.2) is 0 Å². The molecule has 0 aromatic heterocycles. The van der Waals surface area contributed by atoms with Crippen molar-refractivity contribution in [3.8, 4) is 0 Å². The lowest BCUT2D eigenvalue weighted by Crippen LogP contribution is -2.40. The SMILES string of the molecule is O=C(c1cccc(Br)c1)N1CCC(C2CCNC2)CC1. The highest BCUT2D eigenvalue weighted by molar-refractivity contribution is 9.10. The van der Waals surface area contributed by atoms with Gasteiger partial charge < -0.3 is 10.2 Å². The summed E-state index contributed by atoms with van der Waals surface area (Å²) in [7, 11) is 0. The van der Waals surface area contributed by atoms with E-state index in [1.54, 1.807) is 0 Å². The van der Waals surface area contributed by atoms with Gasteiger partial charge in [-0.05, 0) is 62.4 Å². The van der Waals surface area contributed by atoms with Crippen molar-refractivity contribution in [2.24, 2.45) is 11.8 Å². The number of nitrogens with one attached hydrogen (secondary N) is 1. The molecule has 0 saturated carbocycles. The minimum atomic E-state index is 0.175. The third-order valence-corrected chi connectivity index (χ3v) is 5.16. The number of hydrogen-bond donors (Lipinski definition) is 1. The Bertz CT molecular complexity index is 477. The molecule has 1 amide bonds. The molecular formula is C16H21BrN2O. The predicted octanol–water partition coefficient (Wildman–Crippen LogP) is 2.91.